The first-order chi connectivity index (χ1) is 10.9. The quantitative estimate of drug-likeness (QED) is 0.814. The van der Waals surface area contributed by atoms with Crippen LogP contribution in [0.2, 0.25) is 0 Å². The van der Waals surface area contributed by atoms with E-state index >= 15 is 0 Å². The Balaban J connectivity index is 1.95. The minimum atomic E-state index is -0.747. The number of allylic oxidation sites excluding steroid dienone is 2. The Morgan fingerprint density at radius 2 is 1.87 bits per heavy atom. The van der Waals surface area contributed by atoms with Crippen LogP contribution >= 0.6 is 0 Å². The molecule has 2 unspecified atom stereocenters. The van der Waals surface area contributed by atoms with Crippen LogP contribution in [0.15, 0.2) is 24.3 Å². The van der Waals surface area contributed by atoms with Crippen molar-refractivity contribution in [2.75, 3.05) is 12.8 Å². The Morgan fingerprint density at radius 3 is 2.48 bits per heavy atom. The zero-order valence-corrected chi connectivity index (χ0v) is 14.7. The molecule has 1 heterocycles. The van der Waals surface area contributed by atoms with Gasteiger partial charge in [0, 0.05) is 23.3 Å². The smallest absolute Gasteiger partial charge is 0.0926 e. The molecule has 2 atom stereocenters. The number of rotatable bonds is 2. The number of hydrogen-bond acceptors (Lipinski definition) is 3. The molecule has 0 bridgehead atoms. The molecule has 23 heavy (non-hydrogen) atoms. The minimum Gasteiger partial charge on any atom is -0.398 e. The summed E-state index contributed by atoms with van der Waals surface area (Å²) >= 11 is 0. The van der Waals surface area contributed by atoms with Crippen LogP contribution in [0.5, 0.6) is 0 Å². The van der Waals surface area contributed by atoms with Crippen LogP contribution in [-0.4, -0.2) is 29.1 Å². The fraction of sp³-hybridized carbons (Fsp3) is 0.600. The van der Waals surface area contributed by atoms with E-state index in [1.165, 1.54) is 18.4 Å². The highest BCUT2D eigenvalue weighted by Gasteiger charge is 2.40. The predicted octanol–water partition coefficient (Wildman–Crippen LogP) is 3.92. The maximum atomic E-state index is 11.3. The van der Waals surface area contributed by atoms with Gasteiger partial charge in [0.05, 0.1) is 5.60 Å². The van der Waals surface area contributed by atoms with E-state index in [2.05, 4.69) is 37.9 Å². The number of piperidine rings is 1. The summed E-state index contributed by atoms with van der Waals surface area (Å²) in [6.45, 7) is 4.39. The van der Waals surface area contributed by atoms with Crippen molar-refractivity contribution >= 4 is 11.3 Å². The first kappa shape index (κ1) is 16.5. The SMILES string of the molecule is CC1CC(O)(c2ccc(N)c(C3=CCCCC3)c2)CC(C)N1C. The summed E-state index contributed by atoms with van der Waals surface area (Å²) in [5.41, 5.74) is 9.84. The molecular weight excluding hydrogens is 284 g/mol. The van der Waals surface area contributed by atoms with Crippen molar-refractivity contribution in [2.24, 2.45) is 0 Å². The van der Waals surface area contributed by atoms with Crippen molar-refractivity contribution in [3.05, 3.63) is 35.4 Å². The summed E-state index contributed by atoms with van der Waals surface area (Å²) in [5, 5.41) is 11.3. The van der Waals surface area contributed by atoms with E-state index in [4.69, 9.17) is 5.73 Å². The molecule has 1 aromatic carbocycles. The van der Waals surface area contributed by atoms with E-state index in [-0.39, 0.29) is 0 Å². The lowest BCUT2D eigenvalue weighted by atomic mass is 9.77. The van der Waals surface area contributed by atoms with Gasteiger partial charge in [0.15, 0.2) is 0 Å². The number of benzene rings is 1. The molecule has 2 aliphatic rings. The lowest BCUT2D eigenvalue weighted by molar-refractivity contribution is -0.0629. The second kappa shape index (κ2) is 6.29. The number of anilines is 1. The van der Waals surface area contributed by atoms with E-state index < -0.39 is 5.60 Å². The number of likely N-dealkylation sites (tertiary alicyclic amines) is 1. The average Bonchev–Trinajstić information content (AvgIpc) is 2.53. The first-order valence-corrected chi connectivity index (χ1v) is 8.94. The third kappa shape index (κ3) is 3.17. The van der Waals surface area contributed by atoms with Crippen LogP contribution in [0, 0.1) is 0 Å². The van der Waals surface area contributed by atoms with Gasteiger partial charge in [-0.3, -0.25) is 0 Å². The highest BCUT2D eigenvalue weighted by atomic mass is 16.3. The molecule has 3 nitrogen and oxygen atoms in total. The molecule has 0 radical (unpaired) electrons. The second-order valence-electron chi connectivity index (χ2n) is 7.58. The number of aliphatic hydroxyl groups is 1. The Morgan fingerprint density at radius 1 is 1.17 bits per heavy atom. The van der Waals surface area contributed by atoms with Crippen LogP contribution in [0.4, 0.5) is 5.69 Å². The van der Waals surface area contributed by atoms with Crippen molar-refractivity contribution in [2.45, 2.75) is 70.1 Å². The molecule has 0 spiro atoms. The normalized spacial score (nSPS) is 32.6. The van der Waals surface area contributed by atoms with Crippen molar-refractivity contribution in [1.82, 2.24) is 4.90 Å². The lowest BCUT2D eigenvalue weighted by Crippen LogP contribution is -2.50. The van der Waals surface area contributed by atoms with Crippen LogP contribution in [0.1, 0.15) is 63.5 Å². The van der Waals surface area contributed by atoms with E-state index in [0.29, 0.717) is 12.1 Å². The van der Waals surface area contributed by atoms with Gasteiger partial charge in [0.2, 0.25) is 0 Å². The molecule has 1 aliphatic heterocycles. The van der Waals surface area contributed by atoms with Gasteiger partial charge in [0.25, 0.3) is 0 Å². The molecule has 0 amide bonds. The molecule has 0 aromatic heterocycles. The molecule has 1 fully saturated rings. The molecule has 1 saturated heterocycles. The molecule has 3 N–H and O–H groups in total. The summed E-state index contributed by atoms with van der Waals surface area (Å²) in [6.07, 6.45) is 8.62. The van der Waals surface area contributed by atoms with Crippen LogP contribution < -0.4 is 5.73 Å². The van der Waals surface area contributed by atoms with Gasteiger partial charge >= 0.3 is 0 Å². The maximum absolute atomic E-state index is 11.3. The fourth-order valence-electron chi connectivity index (χ4n) is 4.23. The number of hydrogen-bond donors (Lipinski definition) is 2. The first-order valence-electron chi connectivity index (χ1n) is 8.94. The number of nitrogen functional groups attached to an aromatic ring is 1. The Bertz CT molecular complexity index is 596. The third-order valence-electron chi connectivity index (χ3n) is 5.88. The summed E-state index contributed by atoms with van der Waals surface area (Å²) in [7, 11) is 2.15. The van der Waals surface area contributed by atoms with E-state index in [1.807, 2.05) is 12.1 Å². The lowest BCUT2D eigenvalue weighted by Gasteiger charge is -2.45. The number of nitrogens with two attached hydrogens (primary N) is 1. The molecule has 1 aromatic rings. The highest BCUT2D eigenvalue weighted by molar-refractivity contribution is 5.76. The largest absolute Gasteiger partial charge is 0.398 e. The Labute approximate surface area is 140 Å². The van der Waals surface area contributed by atoms with Gasteiger partial charge in [0.1, 0.15) is 0 Å². The van der Waals surface area contributed by atoms with Gasteiger partial charge in [-0.25, -0.2) is 0 Å². The highest BCUT2D eigenvalue weighted by Crippen LogP contribution is 2.40. The zero-order chi connectivity index (χ0) is 16.6. The third-order valence-corrected chi connectivity index (χ3v) is 5.88. The summed E-state index contributed by atoms with van der Waals surface area (Å²) in [4.78, 5) is 2.36. The Hall–Kier alpha value is -1.32. The average molecular weight is 314 g/mol. The molecule has 3 rings (SSSR count). The molecule has 1 aliphatic carbocycles. The molecule has 0 saturated carbocycles. The fourth-order valence-corrected chi connectivity index (χ4v) is 4.23. The molecule has 3 heteroatoms. The zero-order valence-electron chi connectivity index (χ0n) is 14.7. The van der Waals surface area contributed by atoms with Gasteiger partial charge in [-0.05, 0) is 82.7 Å². The van der Waals surface area contributed by atoms with Crippen LogP contribution in [0.3, 0.4) is 0 Å². The van der Waals surface area contributed by atoms with Gasteiger partial charge in [-0.2, -0.15) is 0 Å². The molecule has 126 valence electrons. The van der Waals surface area contributed by atoms with E-state index in [1.54, 1.807) is 0 Å². The van der Waals surface area contributed by atoms with Crippen LogP contribution in [0.25, 0.3) is 5.57 Å². The molecular formula is C20H30N2O. The monoisotopic (exact) mass is 314 g/mol. The van der Waals surface area contributed by atoms with Gasteiger partial charge in [-0.15, -0.1) is 0 Å². The van der Waals surface area contributed by atoms with Crippen molar-refractivity contribution in [3.8, 4) is 0 Å². The van der Waals surface area contributed by atoms with Crippen molar-refractivity contribution in [3.63, 3.8) is 0 Å². The van der Waals surface area contributed by atoms with E-state index in [9.17, 15) is 5.11 Å². The van der Waals surface area contributed by atoms with Crippen LogP contribution in [-0.2, 0) is 5.60 Å². The van der Waals surface area contributed by atoms with E-state index in [0.717, 1.165) is 42.5 Å². The van der Waals surface area contributed by atoms with Gasteiger partial charge < -0.3 is 15.7 Å². The standard InChI is InChI=1S/C20H30N2O/c1-14-12-20(23,13-15(2)22(14)3)17-9-10-19(21)18(11-17)16-7-5-4-6-8-16/h7,9-11,14-15,23H,4-6,8,12-13,21H2,1-3H3. The Kier molecular flexibility index (Phi) is 4.52. The van der Waals surface area contributed by atoms with Crippen molar-refractivity contribution < 1.29 is 5.11 Å². The predicted molar refractivity (Wildman–Crippen MR) is 97.1 cm³/mol. The summed E-state index contributed by atoms with van der Waals surface area (Å²) in [5.74, 6) is 0. The number of nitrogens with zero attached hydrogens (tertiary/aromatic N) is 1. The van der Waals surface area contributed by atoms with Gasteiger partial charge in [-0.1, -0.05) is 12.1 Å². The summed E-state index contributed by atoms with van der Waals surface area (Å²) in [6, 6.07) is 6.90. The summed E-state index contributed by atoms with van der Waals surface area (Å²) < 4.78 is 0. The minimum absolute atomic E-state index is 0.374. The topological polar surface area (TPSA) is 49.5 Å². The van der Waals surface area contributed by atoms with Crippen molar-refractivity contribution in [1.29, 1.82) is 0 Å². The maximum Gasteiger partial charge on any atom is 0.0926 e. The second-order valence-corrected chi connectivity index (χ2v) is 7.58.